The summed E-state index contributed by atoms with van der Waals surface area (Å²) in [6.45, 7) is 7.76. The fourth-order valence-electron chi connectivity index (χ4n) is 9.47. The molecule has 2 atom stereocenters. The monoisotopic (exact) mass is 1070 g/mol. The van der Waals surface area contributed by atoms with Crippen molar-refractivity contribution in [2.45, 2.75) is 52.7 Å². The fourth-order valence-corrected chi connectivity index (χ4v) is 10.7. The molecule has 12 rings (SSSR count). The zero-order valence-electron chi connectivity index (χ0n) is 43.0. The molecule has 0 fully saturated rings. The Bertz CT molecular complexity index is 3930. The molecule has 78 heavy (non-hydrogen) atoms. The summed E-state index contributed by atoms with van der Waals surface area (Å²) in [6, 6.07) is 51.8. The number of carboxylic acid groups (broad SMARTS) is 1. The van der Waals surface area contributed by atoms with E-state index in [2.05, 4.69) is 83.9 Å². The van der Waals surface area contributed by atoms with Crippen LogP contribution in [0, 0.1) is 0 Å². The number of pyridine rings is 2. The minimum Gasteiger partial charge on any atom is -0.481 e. The van der Waals surface area contributed by atoms with Gasteiger partial charge >= 0.3 is 0 Å². The van der Waals surface area contributed by atoms with E-state index >= 15 is 0 Å². The van der Waals surface area contributed by atoms with Crippen molar-refractivity contribution < 1.29 is 9.90 Å². The smallest absolute Gasteiger partial charge is 0.300 e. The summed E-state index contributed by atoms with van der Waals surface area (Å²) in [4.78, 5) is 65.5. The number of rotatable bonds is 12. The van der Waals surface area contributed by atoms with E-state index in [4.69, 9.17) is 15.6 Å². The maximum Gasteiger partial charge on any atom is 0.300 e. The van der Waals surface area contributed by atoms with Crippen LogP contribution in [0.5, 0.6) is 0 Å². The fraction of sp³-hybridized carbons (Fsp3) is 0.131. The summed E-state index contributed by atoms with van der Waals surface area (Å²) in [5.74, 6) is 0.454. The van der Waals surface area contributed by atoms with Gasteiger partial charge in [0.1, 0.15) is 33.3 Å². The van der Waals surface area contributed by atoms with E-state index in [-0.39, 0.29) is 23.2 Å². The molecule has 0 aliphatic rings. The number of hydrogen-bond acceptors (Lipinski definition) is 14. The van der Waals surface area contributed by atoms with Crippen molar-refractivity contribution in [1.82, 2.24) is 39.0 Å². The maximum absolute atomic E-state index is 14.3. The maximum atomic E-state index is 14.3. The van der Waals surface area contributed by atoms with Crippen LogP contribution in [0.4, 0.5) is 11.6 Å². The third-order valence-corrected chi connectivity index (χ3v) is 14.7. The van der Waals surface area contributed by atoms with E-state index in [1.807, 2.05) is 140 Å². The topological polar surface area (TPSA) is 209 Å². The lowest BCUT2D eigenvalue weighted by Gasteiger charge is -2.22. The quantitative estimate of drug-likeness (QED) is 0.0899. The average Bonchev–Trinajstić information content (AvgIpc) is 4.19. The lowest BCUT2D eigenvalue weighted by atomic mass is 9.97. The van der Waals surface area contributed by atoms with Gasteiger partial charge in [0, 0.05) is 36.2 Å². The second-order valence-electron chi connectivity index (χ2n) is 18.3. The minimum absolute atomic E-state index is 0.0518. The van der Waals surface area contributed by atoms with Gasteiger partial charge in [-0.2, -0.15) is 0 Å². The van der Waals surface area contributed by atoms with Gasteiger partial charge in [-0.3, -0.25) is 23.5 Å². The van der Waals surface area contributed by atoms with Gasteiger partial charge in [0.25, 0.3) is 17.1 Å². The SMILES string of the molecule is CC(=O)O.CCc1ccc(-c2cccc3cc([C@H](C)Nc4ncnc5scnc45)n(-c4ccccc4)c(=O)c23)cc1.C[C@H](Nc1ncnc2scnc12)c1cc2cccc(-c3ccc(CN)cc3)c2c(=O)n1-c1ccccc1. The number of carbonyl (C=O) groups is 1. The number of nitrogens with one attached hydrogen (secondary N) is 2. The first-order valence-corrected chi connectivity index (χ1v) is 26.9. The van der Waals surface area contributed by atoms with Crippen molar-refractivity contribution in [3.8, 4) is 33.6 Å². The molecule has 0 unspecified atom stereocenters. The number of anilines is 2. The standard InChI is InChI=1S/C30H25N5OS.C29H24N6OS.C2H4O2/c1-3-20-12-14-21(15-13-20)24-11-7-8-22-16-25(35(30(36)26(22)24)23-9-5-4-6-10-23)19(2)34-28-27-29(32-17-31-28)37-18-33-27;1-18(34-27-26-28(32-16-31-27)37-17-33-26)24-14-21-6-5-9-23(20-12-10-19(15-30)11-13-20)25(21)29(36)35(24)22-7-3-2-4-8-22;1-2(3)4/h4-19H,3H2,1-2H3,(H,31,32,34);2-14,16-18H,15,30H2,1H3,(H,31,32,34);1H3,(H,3,4)/t19-;18-;/m00./s1. The molecule has 0 aliphatic carbocycles. The largest absolute Gasteiger partial charge is 0.481 e. The number of fused-ring (bicyclic) bond motifs is 4. The van der Waals surface area contributed by atoms with Crippen LogP contribution in [-0.4, -0.2) is 50.1 Å². The van der Waals surface area contributed by atoms with Crippen LogP contribution in [0.2, 0.25) is 0 Å². The molecular formula is C61H53N11O4S2. The number of aliphatic carboxylic acids is 1. The summed E-state index contributed by atoms with van der Waals surface area (Å²) in [5, 5.41) is 17.5. The van der Waals surface area contributed by atoms with Crippen LogP contribution in [0.1, 0.15) is 62.3 Å². The van der Waals surface area contributed by atoms with Gasteiger partial charge in [-0.05, 0) is 101 Å². The number of carboxylic acids is 1. The van der Waals surface area contributed by atoms with Gasteiger partial charge in [-0.15, -0.1) is 22.7 Å². The van der Waals surface area contributed by atoms with Gasteiger partial charge in [0.05, 0.1) is 33.9 Å². The summed E-state index contributed by atoms with van der Waals surface area (Å²) in [6.07, 6.45) is 4.04. The number of para-hydroxylation sites is 2. The molecule has 0 bridgehead atoms. The van der Waals surface area contributed by atoms with E-state index in [1.54, 1.807) is 15.6 Å². The van der Waals surface area contributed by atoms with Gasteiger partial charge in [-0.1, -0.05) is 128 Å². The highest BCUT2D eigenvalue weighted by Gasteiger charge is 2.22. The summed E-state index contributed by atoms with van der Waals surface area (Å²) >= 11 is 2.94. The highest BCUT2D eigenvalue weighted by Crippen LogP contribution is 2.34. The van der Waals surface area contributed by atoms with E-state index < -0.39 is 5.97 Å². The molecular weight excluding hydrogens is 1010 g/mol. The number of aryl methyl sites for hydroxylation is 1. The zero-order chi connectivity index (χ0) is 54.3. The van der Waals surface area contributed by atoms with Gasteiger partial charge in [0.15, 0.2) is 11.6 Å². The van der Waals surface area contributed by atoms with Crippen LogP contribution in [-0.2, 0) is 17.8 Å². The lowest BCUT2D eigenvalue weighted by molar-refractivity contribution is -0.134. The molecule has 6 heterocycles. The number of hydrogen-bond donors (Lipinski definition) is 4. The lowest BCUT2D eigenvalue weighted by Crippen LogP contribution is -2.26. The molecule has 0 saturated carbocycles. The first-order chi connectivity index (χ1) is 38.0. The van der Waals surface area contributed by atoms with Gasteiger partial charge in [0.2, 0.25) is 0 Å². The molecule has 17 heteroatoms. The number of nitrogens with two attached hydrogens (primary N) is 1. The highest BCUT2D eigenvalue weighted by atomic mass is 32.1. The first kappa shape index (κ1) is 52.2. The van der Waals surface area contributed by atoms with Crippen molar-refractivity contribution >= 4 is 82.5 Å². The predicted molar refractivity (Wildman–Crippen MR) is 315 cm³/mol. The summed E-state index contributed by atoms with van der Waals surface area (Å²) in [5.41, 5.74) is 20.1. The molecule has 0 radical (unpaired) electrons. The Hall–Kier alpha value is -9.29. The van der Waals surface area contributed by atoms with Crippen molar-refractivity contribution in [2.75, 3.05) is 10.6 Å². The Labute approximate surface area is 456 Å². The molecule has 6 aromatic carbocycles. The second kappa shape index (κ2) is 23.3. The molecule has 0 saturated heterocycles. The van der Waals surface area contributed by atoms with Crippen molar-refractivity contribution in [1.29, 1.82) is 0 Å². The van der Waals surface area contributed by atoms with Crippen LogP contribution in [0.15, 0.2) is 191 Å². The number of thiazole rings is 2. The van der Waals surface area contributed by atoms with Crippen molar-refractivity contribution in [3.63, 3.8) is 0 Å². The average molecular weight is 1070 g/mol. The number of nitrogens with zero attached hydrogens (tertiary/aromatic N) is 8. The predicted octanol–water partition coefficient (Wildman–Crippen LogP) is 12.6. The molecule has 0 spiro atoms. The highest BCUT2D eigenvalue weighted by molar-refractivity contribution is 7.16. The van der Waals surface area contributed by atoms with Crippen molar-refractivity contribution in [2.24, 2.45) is 5.73 Å². The zero-order valence-corrected chi connectivity index (χ0v) is 44.7. The molecule has 6 aromatic heterocycles. The Morgan fingerprint density at radius 2 is 0.974 bits per heavy atom. The Morgan fingerprint density at radius 3 is 1.37 bits per heavy atom. The molecule has 388 valence electrons. The van der Waals surface area contributed by atoms with Crippen LogP contribution >= 0.6 is 22.7 Å². The molecule has 0 aliphatic heterocycles. The van der Waals surface area contributed by atoms with Gasteiger partial charge in [-0.25, -0.2) is 29.9 Å². The molecule has 12 aromatic rings. The summed E-state index contributed by atoms with van der Waals surface area (Å²) in [7, 11) is 0. The van der Waals surface area contributed by atoms with Crippen LogP contribution in [0.3, 0.4) is 0 Å². The first-order valence-electron chi connectivity index (χ1n) is 25.2. The van der Waals surface area contributed by atoms with E-state index in [0.717, 1.165) is 95.4 Å². The normalized spacial score (nSPS) is 11.9. The van der Waals surface area contributed by atoms with E-state index in [1.165, 1.54) is 40.9 Å². The van der Waals surface area contributed by atoms with Crippen LogP contribution in [0.25, 0.3) is 75.9 Å². The minimum atomic E-state index is -0.833. The molecule has 15 nitrogen and oxygen atoms in total. The summed E-state index contributed by atoms with van der Waals surface area (Å²) < 4.78 is 3.60. The molecule has 5 N–H and O–H groups in total. The Balaban J connectivity index is 0.000000165. The molecule has 0 amide bonds. The number of benzene rings is 6. The third-order valence-electron chi connectivity index (χ3n) is 13.2. The third kappa shape index (κ3) is 10.9. The number of aromatic nitrogens is 8. The van der Waals surface area contributed by atoms with Crippen LogP contribution < -0.4 is 27.5 Å². The second-order valence-corrected chi connectivity index (χ2v) is 20.0. The Kier molecular flexibility index (Phi) is 15.6. The van der Waals surface area contributed by atoms with E-state index in [9.17, 15) is 9.59 Å². The Morgan fingerprint density at radius 1 is 0.564 bits per heavy atom. The van der Waals surface area contributed by atoms with Crippen molar-refractivity contribution in [3.05, 3.63) is 225 Å². The van der Waals surface area contributed by atoms with E-state index in [0.29, 0.717) is 29.0 Å². The van der Waals surface area contributed by atoms with Gasteiger partial charge < -0.3 is 21.5 Å².